The summed E-state index contributed by atoms with van der Waals surface area (Å²) in [4.78, 5) is 22.0. The number of nitro groups is 1. The Kier molecular flexibility index (Phi) is 5.17. The molecule has 8 heteroatoms. The second kappa shape index (κ2) is 7.69. The molecule has 0 spiro atoms. The van der Waals surface area contributed by atoms with Crippen molar-refractivity contribution in [1.29, 1.82) is 0 Å². The first-order chi connectivity index (χ1) is 12.1. The van der Waals surface area contributed by atoms with Crippen LogP contribution < -0.4 is 5.32 Å². The first kappa shape index (κ1) is 16.8. The molecule has 130 valence electrons. The van der Waals surface area contributed by atoms with Crippen LogP contribution in [0.1, 0.15) is 49.5 Å². The monoisotopic (exact) mass is 342 g/mol. The van der Waals surface area contributed by atoms with E-state index in [0.29, 0.717) is 11.5 Å². The van der Waals surface area contributed by atoms with Gasteiger partial charge in [-0.25, -0.2) is 0 Å². The predicted molar refractivity (Wildman–Crippen MR) is 90.9 cm³/mol. The van der Waals surface area contributed by atoms with Crippen molar-refractivity contribution in [1.82, 2.24) is 10.2 Å². The molecule has 3 rings (SSSR count). The Hall–Kier alpha value is -3.03. The highest BCUT2D eigenvalue weighted by Crippen LogP contribution is 2.32. The van der Waals surface area contributed by atoms with Crippen LogP contribution in [-0.2, 0) is 4.79 Å². The van der Waals surface area contributed by atoms with E-state index in [4.69, 9.17) is 4.42 Å². The van der Waals surface area contributed by atoms with Crippen LogP contribution in [0.25, 0.3) is 6.08 Å². The number of carbonyl (C=O) groups excluding carboxylic acids is 1. The van der Waals surface area contributed by atoms with E-state index in [1.54, 1.807) is 18.2 Å². The number of benzene rings is 1. The molecule has 0 bridgehead atoms. The van der Waals surface area contributed by atoms with Gasteiger partial charge in [0.15, 0.2) is 0 Å². The molecular formula is C17H18N4O4. The summed E-state index contributed by atoms with van der Waals surface area (Å²) in [7, 11) is 0. The summed E-state index contributed by atoms with van der Waals surface area (Å²) < 4.78 is 5.52. The molecule has 1 aliphatic rings. The zero-order chi connectivity index (χ0) is 17.6. The molecule has 2 aromatic rings. The average molecular weight is 342 g/mol. The normalized spacial score (nSPS) is 15.4. The number of non-ortho nitro benzene ring substituents is 1. The molecule has 0 unspecified atom stereocenters. The lowest BCUT2D eigenvalue weighted by Crippen LogP contribution is -2.08. The zero-order valence-electron chi connectivity index (χ0n) is 13.6. The van der Waals surface area contributed by atoms with Gasteiger partial charge in [0.05, 0.1) is 4.92 Å². The van der Waals surface area contributed by atoms with Gasteiger partial charge < -0.3 is 4.42 Å². The summed E-state index contributed by atoms with van der Waals surface area (Å²) in [6, 6.07) is 5.97. The zero-order valence-corrected chi connectivity index (χ0v) is 13.6. The van der Waals surface area contributed by atoms with Crippen molar-refractivity contribution in [3.63, 3.8) is 0 Å². The van der Waals surface area contributed by atoms with Gasteiger partial charge in [-0.1, -0.05) is 24.4 Å². The molecule has 0 saturated heterocycles. The van der Waals surface area contributed by atoms with Gasteiger partial charge in [-0.2, -0.15) is 0 Å². The van der Waals surface area contributed by atoms with Crippen molar-refractivity contribution in [3.05, 3.63) is 51.9 Å². The standard InChI is InChI=1S/C17H18N4O4/c22-15(11-8-12-6-9-14(10-7-12)21(23)24)18-17-20-19-16(25-17)13-4-2-1-3-5-13/h6-11,13H,1-5H2,(H,18,20,22)/b11-8-. The van der Waals surface area contributed by atoms with Crippen LogP contribution in [0, 0.1) is 10.1 Å². The maximum Gasteiger partial charge on any atom is 0.322 e. The number of hydrogen-bond acceptors (Lipinski definition) is 6. The highest BCUT2D eigenvalue weighted by molar-refractivity contribution is 6.00. The van der Waals surface area contributed by atoms with Gasteiger partial charge in [-0.15, -0.1) is 5.10 Å². The lowest BCUT2D eigenvalue weighted by Gasteiger charge is -2.17. The van der Waals surface area contributed by atoms with Crippen molar-refractivity contribution in [2.45, 2.75) is 38.0 Å². The molecule has 1 aliphatic carbocycles. The average Bonchev–Trinajstić information content (AvgIpc) is 3.09. The van der Waals surface area contributed by atoms with Crippen molar-refractivity contribution >= 4 is 23.7 Å². The minimum Gasteiger partial charge on any atom is -0.408 e. The van der Waals surface area contributed by atoms with Gasteiger partial charge in [0.1, 0.15) is 0 Å². The third kappa shape index (κ3) is 4.50. The summed E-state index contributed by atoms with van der Waals surface area (Å²) in [5.41, 5.74) is 0.678. The number of rotatable bonds is 5. The summed E-state index contributed by atoms with van der Waals surface area (Å²) in [6.07, 6.45) is 8.50. The molecule has 8 nitrogen and oxygen atoms in total. The van der Waals surface area contributed by atoms with Gasteiger partial charge in [-0.3, -0.25) is 20.2 Å². The van der Waals surface area contributed by atoms with E-state index in [-0.39, 0.29) is 17.6 Å². The maximum atomic E-state index is 11.9. The number of nitrogens with one attached hydrogen (secondary N) is 1. The van der Waals surface area contributed by atoms with Crippen LogP contribution in [0.3, 0.4) is 0 Å². The number of nitrogens with zero attached hydrogens (tertiary/aromatic N) is 3. The molecule has 1 amide bonds. The highest BCUT2D eigenvalue weighted by Gasteiger charge is 2.21. The van der Waals surface area contributed by atoms with Gasteiger partial charge in [0.25, 0.3) is 11.6 Å². The van der Waals surface area contributed by atoms with E-state index in [1.165, 1.54) is 24.6 Å². The molecule has 1 aromatic carbocycles. The fourth-order valence-electron chi connectivity index (χ4n) is 2.83. The number of hydrogen-bond donors (Lipinski definition) is 1. The maximum absolute atomic E-state index is 11.9. The van der Waals surface area contributed by atoms with Crippen molar-refractivity contribution in [3.8, 4) is 0 Å². The van der Waals surface area contributed by atoms with Gasteiger partial charge in [0.2, 0.25) is 5.89 Å². The van der Waals surface area contributed by atoms with E-state index in [1.807, 2.05) is 0 Å². The van der Waals surface area contributed by atoms with E-state index < -0.39 is 10.8 Å². The quantitative estimate of drug-likeness (QED) is 0.504. The molecule has 1 fully saturated rings. The number of carbonyl (C=O) groups is 1. The predicted octanol–water partition coefficient (Wildman–Crippen LogP) is 3.68. The lowest BCUT2D eigenvalue weighted by molar-refractivity contribution is -0.384. The summed E-state index contributed by atoms with van der Waals surface area (Å²) in [6.45, 7) is 0. The van der Waals surface area contributed by atoms with Crippen molar-refractivity contribution in [2.24, 2.45) is 0 Å². The van der Waals surface area contributed by atoms with Gasteiger partial charge in [-0.05, 0) is 36.6 Å². The van der Waals surface area contributed by atoms with Crippen molar-refractivity contribution < 1.29 is 14.1 Å². The highest BCUT2D eigenvalue weighted by atomic mass is 16.6. The van der Waals surface area contributed by atoms with Crippen molar-refractivity contribution in [2.75, 3.05) is 5.32 Å². The van der Waals surface area contributed by atoms with E-state index in [0.717, 1.165) is 25.7 Å². The SMILES string of the molecule is O=C(/C=C\c1ccc([N+](=O)[O-])cc1)Nc1nnc(C2CCCCC2)o1. The van der Waals surface area contributed by atoms with Crippen LogP contribution in [0.5, 0.6) is 0 Å². The Morgan fingerprint density at radius 2 is 1.92 bits per heavy atom. The first-order valence-corrected chi connectivity index (χ1v) is 8.19. The first-order valence-electron chi connectivity index (χ1n) is 8.19. The summed E-state index contributed by atoms with van der Waals surface area (Å²) >= 11 is 0. The van der Waals surface area contributed by atoms with Crippen LogP contribution in [-0.4, -0.2) is 21.0 Å². The smallest absolute Gasteiger partial charge is 0.322 e. The number of anilines is 1. The second-order valence-electron chi connectivity index (χ2n) is 5.95. The van der Waals surface area contributed by atoms with E-state index in [2.05, 4.69) is 15.5 Å². The molecular weight excluding hydrogens is 324 g/mol. The fourth-order valence-corrected chi connectivity index (χ4v) is 2.83. The molecule has 1 heterocycles. The van der Waals surface area contributed by atoms with Gasteiger partial charge in [0, 0.05) is 24.1 Å². The van der Waals surface area contributed by atoms with E-state index >= 15 is 0 Å². The Labute approximate surface area is 144 Å². The fraction of sp³-hybridized carbons (Fsp3) is 0.353. The molecule has 1 aromatic heterocycles. The molecule has 0 aliphatic heterocycles. The summed E-state index contributed by atoms with van der Waals surface area (Å²) in [5.74, 6) is 0.453. The number of nitro benzene ring substituents is 1. The minimum atomic E-state index is -0.473. The Morgan fingerprint density at radius 3 is 2.60 bits per heavy atom. The van der Waals surface area contributed by atoms with Crippen LogP contribution in [0.4, 0.5) is 11.7 Å². The summed E-state index contributed by atoms with van der Waals surface area (Å²) in [5, 5.41) is 21.0. The van der Waals surface area contributed by atoms with Crippen LogP contribution >= 0.6 is 0 Å². The van der Waals surface area contributed by atoms with E-state index in [9.17, 15) is 14.9 Å². The topological polar surface area (TPSA) is 111 Å². The molecule has 1 saturated carbocycles. The lowest BCUT2D eigenvalue weighted by atomic mass is 9.89. The largest absolute Gasteiger partial charge is 0.408 e. The molecule has 0 radical (unpaired) electrons. The Morgan fingerprint density at radius 1 is 1.20 bits per heavy atom. The minimum absolute atomic E-state index is 0.00250. The Balaban J connectivity index is 1.56. The van der Waals surface area contributed by atoms with Crippen LogP contribution in [0.2, 0.25) is 0 Å². The number of aromatic nitrogens is 2. The Bertz CT molecular complexity index is 776. The molecule has 1 N–H and O–H groups in total. The molecule has 0 atom stereocenters. The third-order valence-electron chi connectivity index (χ3n) is 4.16. The van der Waals surface area contributed by atoms with Crippen LogP contribution in [0.15, 0.2) is 34.8 Å². The third-order valence-corrected chi connectivity index (χ3v) is 4.16. The number of amides is 1. The second-order valence-corrected chi connectivity index (χ2v) is 5.95. The van der Waals surface area contributed by atoms with Gasteiger partial charge >= 0.3 is 6.01 Å². The molecule has 25 heavy (non-hydrogen) atoms.